The predicted octanol–water partition coefficient (Wildman–Crippen LogP) is 4.44. The van der Waals surface area contributed by atoms with E-state index in [4.69, 9.17) is 0 Å². The van der Waals surface area contributed by atoms with Crippen LogP contribution in [-0.2, 0) is 0 Å². The maximum atomic E-state index is 13.0. The number of carbonyl (C=O) groups is 1. The lowest BCUT2D eigenvalue weighted by Crippen LogP contribution is -2.29. The first-order valence-corrected chi connectivity index (χ1v) is 9.29. The fraction of sp³-hybridized carbons (Fsp3) is 0.217. The van der Waals surface area contributed by atoms with Crippen LogP contribution in [0.25, 0.3) is 11.3 Å². The number of benzene rings is 2. The standard InChI is InChI=1S/C23H23N3O2/c1-5-10-26-21(16-8-6-13(2)7-9-16)18-19(24-25-20(18)23(26)28)17-12-14(3)11-15(4)22(17)27/h5-9,11-12,21,27H,1,10H2,2-4H3,(H,24,25). The molecule has 0 radical (unpaired) electrons. The number of aromatic amines is 1. The van der Waals surface area contributed by atoms with E-state index in [0.29, 0.717) is 23.5 Å². The van der Waals surface area contributed by atoms with E-state index in [1.807, 2.05) is 57.2 Å². The molecule has 1 atom stereocenters. The molecule has 1 amide bonds. The van der Waals surface area contributed by atoms with E-state index >= 15 is 0 Å². The minimum atomic E-state index is -0.282. The summed E-state index contributed by atoms with van der Waals surface area (Å²) in [6.45, 7) is 10.1. The monoisotopic (exact) mass is 373 g/mol. The van der Waals surface area contributed by atoms with Gasteiger partial charge in [0.15, 0.2) is 0 Å². The van der Waals surface area contributed by atoms with Gasteiger partial charge in [0, 0.05) is 17.7 Å². The molecule has 142 valence electrons. The Morgan fingerprint density at radius 3 is 2.57 bits per heavy atom. The molecule has 5 nitrogen and oxygen atoms in total. The van der Waals surface area contributed by atoms with Crippen molar-refractivity contribution < 1.29 is 9.90 Å². The highest BCUT2D eigenvalue weighted by molar-refractivity contribution is 6.00. The minimum Gasteiger partial charge on any atom is -0.507 e. The second kappa shape index (κ2) is 6.68. The van der Waals surface area contributed by atoms with Gasteiger partial charge in [-0.1, -0.05) is 42.0 Å². The molecule has 0 saturated carbocycles. The first-order valence-electron chi connectivity index (χ1n) is 9.29. The highest BCUT2D eigenvalue weighted by Gasteiger charge is 2.42. The Kier molecular flexibility index (Phi) is 4.30. The molecule has 0 bridgehead atoms. The molecule has 1 aliphatic rings. The van der Waals surface area contributed by atoms with Crippen molar-refractivity contribution >= 4 is 5.91 Å². The number of aromatic nitrogens is 2. The number of H-pyrrole nitrogens is 1. The van der Waals surface area contributed by atoms with Crippen LogP contribution in [0.4, 0.5) is 0 Å². The van der Waals surface area contributed by atoms with E-state index < -0.39 is 0 Å². The Balaban J connectivity index is 1.95. The molecule has 5 heteroatoms. The summed E-state index contributed by atoms with van der Waals surface area (Å²) in [6.07, 6.45) is 1.73. The zero-order valence-electron chi connectivity index (χ0n) is 16.3. The van der Waals surface area contributed by atoms with E-state index in [1.54, 1.807) is 11.0 Å². The van der Waals surface area contributed by atoms with Crippen molar-refractivity contribution in [1.29, 1.82) is 0 Å². The third kappa shape index (κ3) is 2.71. The summed E-state index contributed by atoms with van der Waals surface area (Å²) in [6, 6.07) is 11.7. The summed E-state index contributed by atoms with van der Waals surface area (Å²) in [5.41, 5.74) is 6.50. The Labute approximate surface area is 164 Å². The predicted molar refractivity (Wildman–Crippen MR) is 109 cm³/mol. The average molecular weight is 373 g/mol. The number of nitrogens with zero attached hydrogens (tertiary/aromatic N) is 2. The minimum absolute atomic E-state index is 0.108. The van der Waals surface area contributed by atoms with Crippen LogP contribution in [0.3, 0.4) is 0 Å². The van der Waals surface area contributed by atoms with Crippen molar-refractivity contribution in [2.75, 3.05) is 6.54 Å². The van der Waals surface area contributed by atoms with Crippen LogP contribution in [0, 0.1) is 20.8 Å². The molecule has 0 aliphatic carbocycles. The number of hydrogen-bond acceptors (Lipinski definition) is 3. The quantitative estimate of drug-likeness (QED) is 0.664. The normalized spacial score (nSPS) is 15.8. The van der Waals surface area contributed by atoms with Gasteiger partial charge in [0.2, 0.25) is 0 Å². The number of aryl methyl sites for hydroxylation is 3. The summed E-state index contributed by atoms with van der Waals surface area (Å²) in [5, 5.41) is 18.0. The van der Waals surface area contributed by atoms with Gasteiger partial charge in [-0.2, -0.15) is 5.10 Å². The number of rotatable bonds is 4. The second-order valence-corrected chi connectivity index (χ2v) is 7.40. The number of fused-ring (bicyclic) bond motifs is 1. The first kappa shape index (κ1) is 18.0. The largest absolute Gasteiger partial charge is 0.507 e. The molecule has 0 fully saturated rings. The summed E-state index contributed by atoms with van der Waals surface area (Å²) in [7, 11) is 0. The van der Waals surface area contributed by atoms with Gasteiger partial charge in [-0.25, -0.2) is 0 Å². The maximum absolute atomic E-state index is 13.0. The van der Waals surface area contributed by atoms with Gasteiger partial charge in [-0.15, -0.1) is 6.58 Å². The Morgan fingerprint density at radius 2 is 1.89 bits per heavy atom. The lowest BCUT2D eigenvalue weighted by Gasteiger charge is -2.25. The van der Waals surface area contributed by atoms with E-state index in [1.165, 1.54) is 0 Å². The molecule has 1 aliphatic heterocycles. The van der Waals surface area contributed by atoms with Gasteiger partial charge in [0.05, 0.1) is 6.04 Å². The zero-order chi connectivity index (χ0) is 20.0. The van der Waals surface area contributed by atoms with Gasteiger partial charge in [-0.3, -0.25) is 9.89 Å². The fourth-order valence-corrected chi connectivity index (χ4v) is 3.97. The SMILES string of the molecule is C=CCN1C(=O)c2[nH]nc(-c3cc(C)cc(C)c3O)c2C1c1ccc(C)cc1. The first-order chi connectivity index (χ1) is 13.4. The van der Waals surface area contributed by atoms with Crippen LogP contribution in [0.5, 0.6) is 5.75 Å². The number of aromatic hydroxyl groups is 1. The number of phenols is 1. The van der Waals surface area contributed by atoms with Crippen molar-refractivity contribution in [3.8, 4) is 17.0 Å². The summed E-state index contributed by atoms with van der Waals surface area (Å²) < 4.78 is 0. The van der Waals surface area contributed by atoms with Crippen molar-refractivity contribution in [1.82, 2.24) is 15.1 Å². The second-order valence-electron chi connectivity index (χ2n) is 7.40. The summed E-state index contributed by atoms with van der Waals surface area (Å²) in [4.78, 5) is 14.8. The Morgan fingerprint density at radius 1 is 1.18 bits per heavy atom. The van der Waals surface area contributed by atoms with Crippen LogP contribution in [0.2, 0.25) is 0 Å². The van der Waals surface area contributed by atoms with Gasteiger partial charge in [0.1, 0.15) is 17.1 Å². The third-order valence-electron chi connectivity index (χ3n) is 5.28. The van der Waals surface area contributed by atoms with Crippen LogP contribution in [0.15, 0.2) is 49.1 Å². The number of nitrogens with one attached hydrogen (secondary N) is 1. The molecular formula is C23H23N3O2. The van der Waals surface area contributed by atoms with E-state index in [2.05, 4.69) is 16.8 Å². The zero-order valence-corrected chi connectivity index (χ0v) is 16.3. The van der Waals surface area contributed by atoms with E-state index in [-0.39, 0.29) is 17.7 Å². The number of carbonyl (C=O) groups excluding carboxylic acids is 1. The Hall–Kier alpha value is -3.34. The van der Waals surface area contributed by atoms with Crippen molar-refractivity contribution in [3.63, 3.8) is 0 Å². The highest BCUT2D eigenvalue weighted by atomic mass is 16.3. The average Bonchev–Trinajstić information content (AvgIpc) is 3.19. The molecule has 2 aromatic carbocycles. The van der Waals surface area contributed by atoms with Crippen LogP contribution in [0.1, 0.15) is 44.3 Å². The van der Waals surface area contributed by atoms with Crippen molar-refractivity contribution in [2.45, 2.75) is 26.8 Å². The maximum Gasteiger partial charge on any atom is 0.273 e. The lowest BCUT2D eigenvalue weighted by atomic mass is 9.93. The molecule has 3 aromatic rings. The molecule has 0 saturated heterocycles. The van der Waals surface area contributed by atoms with Gasteiger partial charge >= 0.3 is 0 Å². The van der Waals surface area contributed by atoms with Crippen molar-refractivity contribution in [3.05, 3.63) is 82.6 Å². The topological polar surface area (TPSA) is 69.2 Å². The lowest BCUT2D eigenvalue weighted by molar-refractivity contribution is 0.0764. The Bertz CT molecular complexity index is 1080. The van der Waals surface area contributed by atoms with Crippen LogP contribution in [-0.4, -0.2) is 32.7 Å². The van der Waals surface area contributed by atoms with Gasteiger partial charge in [0.25, 0.3) is 5.91 Å². The van der Waals surface area contributed by atoms with Crippen molar-refractivity contribution in [2.24, 2.45) is 0 Å². The van der Waals surface area contributed by atoms with Gasteiger partial charge < -0.3 is 10.0 Å². The fourth-order valence-electron chi connectivity index (χ4n) is 3.97. The molecular weight excluding hydrogens is 350 g/mol. The smallest absolute Gasteiger partial charge is 0.273 e. The number of phenolic OH excluding ortho intramolecular Hbond substituents is 1. The summed E-state index contributed by atoms with van der Waals surface area (Å²) >= 11 is 0. The van der Waals surface area contributed by atoms with E-state index in [0.717, 1.165) is 27.8 Å². The van der Waals surface area contributed by atoms with E-state index in [9.17, 15) is 9.90 Å². The molecule has 0 spiro atoms. The third-order valence-corrected chi connectivity index (χ3v) is 5.28. The number of hydrogen-bond donors (Lipinski definition) is 2. The molecule has 2 heterocycles. The summed E-state index contributed by atoms with van der Waals surface area (Å²) in [5.74, 6) is 0.0836. The molecule has 1 unspecified atom stereocenters. The highest BCUT2D eigenvalue weighted by Crippen LogP contribution is 2.45. The molecule has 28 heavy (non-hydrogen) atoms. The molecule has 2 N–H and O–H groups in total. The van der Waals surface area contributed by atoms with Gasteiger partial charge in [-0.05, 0) is 43.5 Å². The number of amides is 1. The van der Waals surface area contributed by atoms with Crippen LogP contribution >= 0.6 is 0 Å². The van der Waals surface area contributed by atoms with Crippen LogP contribution < -0.4 is 0 Å². The molecule has 4 rings (SSSR count). The molecule has 1 aromatic heterocycles.